The zero-order chi connectivity index (χ0) is 39.3. The van der Waals surface area contributed by atoms with E-state index in [0.717, 1.165) is 5.69 Å². The van der Waals surface area contributed by atoms with Gasteiger partial charge >= 0.3 is 0 Å². The maximum atomic E-state index is 2.42. The number of hydrogen-bond donors (Lipinski definition) is 0. The van der Waals surface area contributed by atoms with E-state index in [1.807, 2.05) is 0 Å². The van der Waals surface area contributed by atoms with E-state index in [1.54, 1.807) is 0 Å². The summed E-state index contributed by atoms with van der Waals surface area (Å²) >= 11 is 0. The third kappa shape index (κ3) is 4.88. The second kappa shape index (κ2) is 12.8. The molecule has 0 saturated carbocycles. The molecule has 2 nitrogen and oxygen atoms in total. The average Bonchev–Trinajstić information content (AvgIpc) is 3.83. The maximum Gasteiger partial charge on any atom is 0.0541 e. The van der Waals surface area contributed by atoms with Crippen molar-refractivity contribution in [2.75, 3.05) is 0 Å². The van der Waals surface area contributed by atoms with Gasteiger partial charge in [0.2, 0.25) is 0 Å². The fourth-order valence-electron chi connectivity index (χ4n) is 10.1. The van der Waals surface area contributed by atoms with E-state index in [9.17, 15) is 0 Å². The van der Waals surface area contributed by atoms with Gasteiger partial charge in [-0.1, -0.05) is 152 Å². The van der Waals surface area contributed by atoms with Crippen molar-refractivity contribution in [1.29, 1.82) is 0 Å². The summed E-state index contributed by atoms with van der Waals surface area (Å²) in [5.41, 5.74) is 12.0. The van der Waals surface area contributed by atoms with Gasteiger partial charge in [-0.25, -0.2) is 0 Å². The average molecular weight is 761 g/mol. The Morgan fingerprint density at radius 2 is 0.700 bits per heavy atom. The molecule has 0 fully saturated rings. The third-order valence-corrected chi connectivity index (χ3v) is 12.9. The van der Waals surface area contributed by atoms with Gasteiger partial charge in [-0.15, -0.1) is 0 Å². The van der Waals surface area contributed by atoms with Gasteiger partial charge < -0.3 is 9.13 Å². The van der Waals surface area contributed by atoms with Crippen LogP contribution in [0.3, 0.4) is 0 Å². The maximum absolute atomic E-state index is 2.42. The number of hydrogen-bond acceptors (Lipinski definition) is 0. The molecule has 0 aliphatic heterocycles. The molecule has 11 aromatic carbocycles. The molecule has 13 aromatic rings. The summed E-state index contributed by atoms with van der Waals surface area (Å²) in [4.78, 5) is 0. The Balaban J connectivity index is 0.925. The highest BCUT2D eigenvalue weighted by atomic mass is 15.0. The van der Waals surface area contributed by atoms with Crippen LogP contribution in [-0.4, -0.2) is 9.13 Å². The first-order chi connectivity index (χ1) is 29.7. The quantitative estimate of drug-likeness (QED) is 0.158. The molecule has 13 rings (SSSR count). The summed E-state index contributed by atoms with van der Waals surface area (Å²) in [6.07, 6.45) is 0. The summed E-state index contributed by atoms with van der Waals surface area (Å²) in [5, 5.41) is 15.2. The van der Waals surface area contributed by atoms with Gasteiger partial charge in [0.25, 0.3) is 0 Å². The summed E-state index contributed by atoms with van der Waals surface area (Å²) in [7, 11) is 0. The first kappa shape index (κ1) is 33.1. The minimum Gasteiger partial charge on any atom is -0.309 e. The second-order valence-electron chi connectivity index (χ2n) is 16.1. The lowest BCUT2D eigenvalue weighted by molar-refractivity contribution is 1.18. The number of para-hydroxylation sites is 2. The largest absolute Gasteiger partial charge is 0.309 e. The monoisotopic (exact) mass is 760 g/mol. The van der Waals surface area contributed by atoms with Crippen LogP contribution in [0.5, 0.6) is 0 Å². The van der Waals surface area contributed by atoms with E-state index < -0.39 is 0 Å². The van der Waals surface area contributed by atoms with Crippen LogP contribution in [0.1, 0.15) is 0 Å². The molecule has 2 aromatic heterocycles. The van der Waals surface area contributed by atoms with E-state index in [-0.39, 0.29) is 0 Å². The Labute approximate surface area is 346 Å². The molecule has 0 bridgehead atoms. The summed E-state index contributed by atoms with van der Waals surface area (Å²) in [6, 6.07) is 80.6. The summed E-state index contributed by atoms with van der Waals surface area (Å²) in [5.74, 6) is 0. The zero-order valence-corrected chi connectivity index (χ0v) is 32.7. The van der Waals surface area contributed by atoms with Gasteiger partial charge in [0, 0.05) is 32.9 Å². The molecule has 0 aliphatic carbocycles. The van der Waals surface area contributed by atoms with Crippen LogP contribution >= 0.6 is 0 Å². The minimum atomic E-state index is 1.15. The fraction of sp³-hybridized carbons (Fsp3) is 0. The predicted octanol–water partition coefficient (Wildman–Crippen LogP) is 15.8. The lowest BCUT2D eigenvalue weighted by Gasteiger charge is -2.14. The molecule has 0 amide bonds. The Morgan fingerprint density at radius 3 is 1.38 bits per heavy atom. The van der Waals surface area contributed by atoms with Crippen molar-refractivity contribution in [3.63, 3.8) is 0 Å². The minimum absolute atomic E-state index is 1.15. The van der Waals surface area contributed by atoms with Gasteiger partial charge in [-0.2, -0.15) is 0 Å². The van der Waals surface area contributed by atoms with Crippen LogP contribution in [0.15, 0.2) is 218 Å². The van der Waals surface area contributed by atoms with E-state index in [4.69, 9.17) is 0 Å². The van der Waals surface area contributed by atoms with Gasteiger partial charge in [-0.3, -0.25) is 0 Å². The number of rotatable bonds is 4. The van der Waals surface area contributed by atoms with Crippen LogP contribution in [0.2, 0.25) is 0 Å². The number of benzene rings is 11. The van der Waals surface area contributed by atoms with Crippen LogP contribution in [0.25, 0.3) is 120 Å². The lowest BCUT2D eigenvalue weighted by Crippen LogP contribution is -1.94. The van der Waals surface area contributed by atoms with Crippen LogP contribution in [0, 0.1) is 0 Å². The Kier molecular flexibility index (Phi) is 7.05. The molecule has 0 N–H and O–H groups in total. The number of fused-ring (bicyclic) bond motifs is 12. The first-order valence-electron chi connectivity index (χ1n) is 20.8. The van der Waals surface area contributed by atoms with Gasteiger partial charge in [0.05, 0.1) is 22.1 Å². The molecule has 0 unspecified atom stereocenters. The van der Waals surface area contributed by atoms with Crippen molar-refractivity contribution in [1.82, 2.24) is 9.13 Å². The van der Waals surface area contributed by atoms with Crippen molar-refractivity contribution in [2.24, 2.45) is 0 Å². The molecule has 60 heavy (non-hydrogen) atoms. The number of nitrogens with zero attached hydrogens (tertiary/aromatic N) is 2. The van der Waals surface area contributed by atoms with Crippen LogP contribution in [0.4, 0.5) is 0 Å². The lowest BCUT2D eigenvalue weighted by atomic mass is 9.91. The van der Waals surface area contributed by atoms with Crippen LogP contribution < -0.4 is 0 Å². The van der Waals surface area contributed by atoms with Gasteiger partial charge in [0.1, 0.15) is 0 Å². The molecule has 0 radical (unpaired) electrons. The molecule has 0 saturated heterocycles. The fourth-order valence-corrected chi connectivity index (χ4v) is 10.1. The van der Waals surface area contributed by atoms with Gasteiger partial charge in [0.15, 0.2) is 0 Å². The van der Waals surface area contributed by atoms with E-state index in [0.29, 0.717) is 0 Å². The first-order valence-corrected chi connectivity index (χ1v) is 20.8. The predicted molar refractivity (Wildman–Crippen MR) is 256 cm³/mol. The van der Waals surface area contributed by atoms with E-state index >= 15 is 0 Å². The van der Waals surface area contributed by atoms with Gasteiger partial charge in [-0.05, 0) is 132 Å². The summed E-state index contributed by atoms with van der Waals surface area (Å²) in [6.45, 7) is 0. The standard InChI is InChI=1S/C58H36N2/c1-2-13-40-33-45(30-23-37(40)11-1)60-55-20-10-8-17-49(55)53-35-42(27-32-57(53)60)41-26-31-56-52(34-41)48-16-7-9-19-54(48)59(56)44-28-24-39(25-29-44)51-36-43-22-21-38-12-3-4-14-46(38)58(43)50-18-6-5-15-47(50)51/h1-36H. The van der Waals surface area contributed by atoms with E-state index in [1.165, 1.54) is 115 Å². The molecular formula is C58H36N2. The Hall–Kier alpha value is -7.94. The molecular weight excluding hydrogens is 725 g/mol. The second-order valence-corrected chi connectivity index (χ2v) is 16.1. The van der Waals surface area contributed by atoms with Crippen molar-refractivity contribution in [3.8, 4) is 33.6 Å². The van der Waals surface area contributed by atoms with Crippen molar-refractivity contribution < 1.29 is 0 Å². The molecule has 0 atom stereocenters. The topological polar surface area (TPSA) is 9.86 Å². The molecule has 2 heteroatoms. The molecule has 0 aliphatic rings. The van der Waals surface area contributed by atoms with E-state index in [2.05, 4.69) is 228 Å². The molecule has 278 valence electrons. The zero-order valence-electron chi connectivity index (χ0n) is 32.7. The van der Waals surface area contributed by atoms with Crippen molar-refractivity contribution in [2.45, 2.75) is 0 Å². The SMILES string of the molecule is c1ccc2cc(-n3c4ccccc4c4cc(-c5ccc6c(c5)c5ccccc5n6-c5ccc(-c6cc7ccc8ccccc8c7c7ccccc67)cc5)ccc43)ccc2c1. The normalized spacial score (nSPS) is 12.0. The highest BCUT2D eigenvalue weighted by molar-refractivity contribution is 6.23. The third-order valence-electron chi connectivity index (χ3n) is 12.9. The highest BCUT2D eigenvalue weighted by Crippen LogP contribution is 2.41. The Bertz CT molecular complexity index is 3880. The number of aromatic nitrogens is 2. The molecule has 0 spiro atoms. The Morgan fingerprint density at radius 1 is 0.233 bits per heavy atom. The molecule has 2 heterocycles. The smallest absolute Gasteiger partial charge is 0.0541 e. The van der Waals surface area contributed by atoms with Crippen LogP contribution in [-0.2, 0) is 0 Å². The van der Waals surface area contributed by atoms with Crippen molar-refractivity contribution in [3.05, 3.63) is 218 Å². The highest BCUT2D eigenvalue weighted by Gasteiger charge is 2.17. The van der Waals surface area contributed by atoms with Crippen molar-refractivity contribution >= 4 is 86.7 Å². The summed E-state index contributed by atoms with van der Waals surface area (Å²) < 4.78 is 4.83.